The molecular weight excluding hydrogens is 688 g/mol. The van der Waals surface area contributed by atoms with Crippen LogP contribution in [0.1, 0.15) is 116 Å². The van der Waals surface area contributed by atoms with Crippen molar-refractivity contribution >= 4 is 43.1 Å². The van der Waals surface area contributed by atoms with Crippen molar-refractivity contribution in [3.8, 4) is 0 Å². The van der Waals surface area contributed by atoms with Crippen molar-refractivity contribution < 1.29 is 0 Å². The van der Waals surface area contributed by atoms with Gasteiger partial charge in [0.2, 0.25) is 0 Å². The molecule has 6 aromatic rings. The average molecular weight is 737 g/mol. The van der Waals surface area contributed by atoms with Gasteiger partial charge in [0.25, 0.3) is 44.5 Å². The molecule has 0 amide bonds. The molecule has 54 heavy (non-hydrogen) atoms. The summed E-state index contributed by atoms with van der Waals surface area (Å²) in [6.07, 6.45) is 16.0. The molecule has 0 saturated carbocycles. The van der Waals surface area contributed by atoms with E-state index >= 15 is 0 Å². The lowest BCUT2D eigenvalue weighted by molar-refractivity contribution is 0.516. The van der Waals surface area contributed by atoms with Gasteiger partial charge in [0.15, 0.2) is 0 Å². The number of aromatic nitrogens is 4. The van der Waals surface area contributed by atoms with Gasteiger partial charge in [0, 0.05) is 26.2 Å². The highest BCUT2D eigenvalue weighted by molar-refractivity contribution is 5.98. The lowest BCUT2D eigenvalue weighted by Crippen LogP contribution is -2.26. The van der Waals surface area contributed by atoms with Gasteiger partial charge in [-0.2, -0.15) is 0 Å². The van der Waals surface area contributed by atoms with Crippen LogP contribution in [-0.2, 0) is 26.2 Å². The van der Waals surface area contributed by atoms with Crippen LogP contribution in [-0.4, -0.2) is 18.3 Å². The molecule has 4 aromatic heterocycles. The molecule has 0 saturated heterocycles. The van der Waals surface area contributed by atoms with Crippen LogP contribution in [0.25, 0.3) is 43.1 Å². The summed E-state index contributed by atoms with van der Waals surface area (Å²) in [6, 6.07) is 5.74. The third-order valence-corrected chi connectivity index (χ3v) is 11.6. The van der Waals surface area contributed by atoms with E-state index in [2.05, 4.69) is 0 Å². The molecule has 10 rings (SSSR count). The van der Waals surface area contributed by atoms with E-state index in [1.54, 1.807) is 0 Å². The van der Waals surface area contributed by atoms with Crippen molar-refractivity contribution in [2.45, 2.75) is 142 Å². The zero-order valence-corrected chi connectivity index (χ0v) is 30.9. The SMILES string of the molecule is O=c1c2cc3c(=O)n4c(=O)c3cc2c(=O)n1CCCCCCCCCCCn1c(=O)c2cc3c(=O)n(c(=O)c3cc2c1=O)CCCCCCCCCCC4. The Hall–Kier alpha value is -5.00. The van der Waals surface area contributed by atoms with E-state index in [0.717, 1.165) is 89.9 Å². The first kappa shape index (κ1) is 37.3. The molecule has 0 aliphatic carbocycles. The van der Waals surface area contributed by atoms with E-state index in [1.165, 1.54) is 42.5 Å². The van der Waals surface area contributed by atoms with Gasteiger partial charge in [0.05, 0.1) is 43.1 Å². The van der Waals surface area contributed by atoms with Crippen LogP contribution in [0.4, 0.5) is 0 Å². The van der Waals surface area contributed by atoms with Gasteiger partial charge in [0.1, 0.15) is 0 Å². The van der Waals surface area contributed by atoms with Crippen LogP contribution in [0.3, 0.4) is 0 Å². The van der Waals surface area contributed by atoms with Gasteiger partial charge in [-0.1, -0.05) is 89.9 Å². The number of rotatable bonds is 0. The Morgan fingerprint density at radius 1 is 0.222 bits per heavy atom. The minimum Gasteiger partial charge on any atom is -0.274 e. The molecule has 284 valence electrons. The van der Waals surface area contributed by atoms with Crippen LogP contribution in [0, 0.1) is 0 Å². The third kappa shape index (κ3) is 7.02. The van der Waals surface area contributed by atoms with E-state index in [-0.39, 0.29) is 69.3 Å². The number of nitrogens with zero attached hydrogens (tertiary/aromatic N) is 4. The number of benzene rings is 2. The minimum absolute atomic E-state index is 0.193. The molecule has 0 atom stereocenters. The van der Waals surface area contributed by atoms with E-state index in [0.29, 0.717) is 25.7 Å². The number of hydrogen-bond acceptors (Lipinski definition) is 8. The maximum atomic E-state index is 13.2. The molecule has 4 aliphatic heterocycles. The highest BCUT2D eigenvalue weighted by Gasteiger charge is 2.21. The van der Waals surface area contributed by atoms with Crippen LogP contribution in [0.15, 0.2) is 62.6 Å². The zero-order chi connectivity index (χ0) is 37.9. The fourth-order valence-electron chi connectivity index (χ4n) is 8.51. The predicted octanol–water partition coefficient (Wildman–Crippen LogP) is 4.87. The average Bonchev–Trinajstić information content (AvgIpc) is 3.74. The van der Waals surface area contributed by atoms with Crippen molar-refractivity contribution in [2.75, 3.05) is 0 Å². The molecule has 0 radical (unpaired) electrons. The van der Waals surface area contributed by atoms with Gasteiger partial charge in [-0.15, -0.1) is 0 Å². The van der Waals surface area contributed by atoms with Gasteiger partial charge in [-0.25, -0.2) is 0 Å². The summed E-state index contributed by atoms with van der Waals surface area (Å²) in [5.74, 6) is 0. The Kier molecular flexibility index (Phi) is 11.2. The van der Waals surface area contributed by atoms with E-state index in [1.807, 2.05) is 0 Å². The fraction of sp³-hybridized carbons (Fsp3) is 0.524. The molecule has 12 bridgehead atoms. The van der Waals surface area contributed by atoms with Gasteiger partial charge in [-0.05, 0) is 49.9 Å². The molecule has 4 aliphatic rings. The molecule has 0 N–H and O–H groups in total. The molecule has 12 heteroatoms. The first-order chi connectivity index (χ1) is 26.2. The molecule has 0 unspecified atom stereocenters. The maximum Gasteiger partial charge on any atom is 0.261 e. The van der Waals surface area contributed by atoms with Crippen LogP contribution in [0.5, 0.6) is 0 Å². The summed E-state index contributed by atoms with van der Waals surface area (Å²) in [5.41, 5.74) is -3.29. The number of hydrogen-bond donors (Lipinski definition) is 0. The molecule has 0 fully saturated rings. The summed E-state index contributed by atoms with van der Waals surface area (Å²) < 4.78 is 4.93. The minimum atomic E-state index is -0.411. The zero-order valence-electron chi connectivity index (χ0n) is 30.9. The standard InChI is InChI=1S/C42H48N4O8/c47-35-27-23-31-32-24-28(27)36(48)43(35)19-15-11-7-3-1-4-8-12-16-20-44-37(49)29-25-33-34(26-30(29)38(44)50)42(54)46(41(33)53)22-18-14-10-6-2-5-9-13-17-21-45(39(31)51)40(32)52/h23-26H,1-22H2. The van der Waals surface area contributed by atoms with Gasteiger partial charge < -0.3 is 0 Å². The molecule has 2 aromatic carbocycles. The van der Waals surface area contributed by atoms with Crippen molar-refractivity contribution in [2.24, 2.45) is 0 Å². The summed E-state index contributed by atoms with van der Waals surface area (Å²) in [5, 5.41) is 1.55. The first-order valence-electron chi connectivity index (χ1n) is 20.0. The fourth-order valence-corrected chi connectivity index (χ4v) is 8.51. The Morgan fingerprint density at radius 3 is 0.500 bits per heavy atom. The highest BCUT2D eigenvalue weighted by Crippen LogP contribution is 2.18. The van der Waals surface area contributed by atoms with E-state index < -0.39 is 44.5 Å². The van der Waals surface area contributed by atoms with Crippen molar-refractivity contribution in [3.63, 3.8) is 0 Å². The summed E-state index contributed by atoms with van der Waals surface area (Å²) in [6.45, 7) is 1.15. The normalized spacial score (nSPS) is 17.3. The van der Waals surface area contributed by atoms with Gasteiger partial charge in [-0.3, -0.25) is 56.6 Å². The quantitative estimate of drug-likeness (QED) is 0.214. The lowest BCUT2D eigenvalue weighted by atomic mass is 10.1. The van der Waals surface area contributed by atoms with Crippen LogP contribution in [0.2, 0.25) is 0 Å². The molecule has 8 heterocycles. The molecule has 0 spiro atoms. The second-order valence-corrected chi connectivity index (χ2v) is 15.3. The first-order valence-corrected chi connectivity index (χ1v) is 20.0. The Bertz CT molecular complexity index is 2240. The largest absolute Gasteiger partial charge is 0.274 e. The summed E-state index contributed by atoms with van der Waals surface area (Å²) in [4.78, 5) is 106. The molecule has 12 nitrogen and oxygen atoms in total. The smallest absolute Gasteiger partial charge is 0.261 e. The Labute approximate surface area is 309 Å². The summed E-state index contributed by atoms with van der Waals surface area (Å²) in [7, 11) is 0. The van der Waals surface area contributed by atoms with Gasteiger partial charge >= 0.3 is 0 Å². The summed E-state index contributed by atoms with van der Waals surface area (Å²) >= 11 is 0. The van der Waals surface area contributed by atoms with Crippen LogP contribution >= 0.6 is 0 Å². The topological polar surface area (TPSA) is 156 Å². The van der Waals surface area contributed by atoms with Crippen LogP contribution < -0.4 is 44.5 Å². The van der Waals surface area contributed by atoms with E-state index in [4.69, 9.17) is 0 Å². The Balaban J connectivity index is 1.02. The second kappa shape index (κ2) is 16.2. The second-order valence-electron chi connectivity index (χ2n) is 15.3. The third-order valence-electron chi connectivity index (χ3n) is 11.6. The molecular formula is C42H48N4O8. The van der Waals surface area contributed by atoms with Crippen molar-refractivity contribution in [1.82, 2.24) is 18.3 Å². The lowest BCUT2D eigenvalue weighted by Gasteiger charge is -2.04. The monoisotopic (exact) mass is 736 g/mol. The van der Waals surface area contributed by atoms with Crippen molar-refractivity contribution in [3.05, 3.63) is 107 Å². The predicted molar refractivity (Wildman–Crippen MR) is 213 cm³/mol. The highest BCUT2D eigenvalue weighted by atomic mass is 16.2. The van der Waals surface area contributed by atoms with Crippen molar-refractivity contribution in [1.29, 1.82) is 0 Å². The Morgan fingerprint density at radius 2 is 0.352 bits per heavy atom. The van der Waals surface area contributed by atoms with E-state index in [9.17, 15) is 38.4 Å². The maximum absolute atomic E-state index is 13.2.